The molecule has 114 valence electrons. The quantitative estimate of drug-likeness (QED) is 0.844. The number of halogens is 1. The lowest BCUT2D eigenvalue weighted by Gasteiger charge is -2.09. The van der Waals surface area contributed by atoms with Gasteiger partial charge in [-0.05, 0) is 37.6 Å². The number of hydrogen-bond donors (Lipinski definition) is 1. The molecule has 0 saturated heterocycles. The Kier molecular flexibility index (Phi) is 5.21. The molecule has 22 heavy (non-hydrogen) atoms. The summed E-state index contributed by atoms with van der Waals surface area (Å²) < 4.78 is 5.83. The van der Waals surface area contributed by atoms with Crippen molar-refractivity contribution in [2.45, 2.75) is 13.8 Å². The van der Waals surface area contributed by atoms with Gasteiger partial charge in [-0.15, -0.1) is 0 Å². The summed E-state index contributed by atoms with van der Waals surface area (Å²) in [6.07, 6.45) is 2.77. The maximum atomic E-state index is 11.8. The van der Waals surface area contributed by atoms with E-state index in [4.69, 9.17) is 4.74 Å². The van der Waals surface area contributed by atoms with Crippen LogP contribution in [0, 0.1) is 13.8 Å². The van der Waals surface area contributed by atoms with Crippen LogP contribution in [0.3, 0.4) is 0 Å². The Morgan fingerprint density at radius 1 is 1.23 bits per heavy atom. The van der Waals surface area contributed by atoms with Crippen LogP contribution in [0.5, 0.6) is 0 Å². The highest BCUT2D eigenvalue weighted by atomic mass is 79.9. The zero-order valence-corrected chi connectivity index (χ0v) is 13.7. The number of amides is 1. The van der Waals surface area contributed by atoms with Crippen molar-refractivity contribution in [3.63, 3.8) is 0 Å². The van der Waals surface area contributed by atoms with Gasteiger partial charge < -0.3 is 10.1 Å². The van der Waals surface area contributed by atoms with E-state index in [1.165, 1.54) is 12.4 Å². The summed E-state index contributed by atoms with van der Waals surface area (Å²) in [6.45, 7) is 3.24. The highest BCUT2D eigenvalue weighted by Crippen LogP contribution is 2.19. The molecule has 2 aromatic rings. The van der Waals surface area contributed by atoms with Gasteiger partial charge in [0.2, 0.25) is 0 Å². The first-order valence-corrected chi connectivity index (χ1v) is 7.27. The number of rotatable bonds is 4. The van der Waals surface area contributed by atoms with Gasteiger partial charge in [-0.2, -0.15) is 0 Å². The van der Waals surface area contributed by atoms with Gasteiger partial charge in [0.15, 0.2) is 12.3 Å². The van der Waals surface area contributed by atoms with Gasteiger partial charge >= 0.3 is 5.97 Å². The van der Waals surface area contributed by atoms with Gasteiger partial charge in [0.25, 0.3) is 5.91 Å². The molecular formula is C15H14BrN3O3. The molecule has 1 aromatic carbocycles. The second-order valence-electron chi connectivity index (χ2n) is 4.63. The molecule has 2 rings (SSSR count). The Bertz CT molecular complexity index is 702. The molecule has 1 aromatic heterocycles. The number of carbonyl (C=O) groups excluding carboxylic acids is 2. The fourth-order valence-corrected chi connectivity index (χ4v) is 2.13. The molecule has 0 aliphatic rings. The summed E-state index contributed by atoms with van der Waals surface area (Å²) >= 11 is 3.35. The average molecular weight is 364 g/mol. The molecule has 1 heterocycles. The van der Waals surface area contributed by atoms with E-state index in [1.807, 2.05) is 19.1 Å². The maximum Gasteiger partial charge on any atom is 0.359 e. The zero-order chi connectivity index (χ0) is 16.1. The fourth-order valence-electron chi connectivity index (χ4n) is 1.66. The van der Waals surface area contributed by atoms with Crippen LogP contribution in [0.15, 0.2) is 35.1 Å². The van der Waals surface area contributed by atoms with Crippen molar-refractivity contribution in [2.75, 3.05) is 11.9 Å². The number of nitrogens with zero attached hydrogens (tertiary/aromatic N) is 2. The lowest BCUT2D eigenvalue weighted by molar-refractivity contribution is -0.119. The van der Waals surface area contributed by atoms with Crippen LogP contribution in [0.4, 0.5) is 5.69 Å². The van der Waals surface area contributed by atoms with Gasteiger partial charge in [0, 0.05) is 16.4 Å². The van der Waals surface area contributed by atoms with Crippen LogP contribution >= 0.6 is 15.9 Å². The Labute approximate surface area is 136 Å². The molecule has 0 unspecified atom stereocenters. The minimum Gasteiger partial charge on any atom is -0.451 e. The molecular weight excluding hydrogens is 350 g/mol. The maximum absolute atomic E-state index is 11.8. The van der Waals surface area contributed by atoms with Crippen LogP contribution in [0.1, 0.15) is 21.7 Å². The van der Waals surface area contributed by atoms with E-state index in [-0.39, 0.29) is 12.3 Å². The molecule has 1 amide bonds. The first-order chi connectivity index (χ1) is 10.5. The number of nitrogens with one attached hydrogen (secondary N) is 1. The van der Waals surface area contributed by atoms with Crippen molar-refractivity contribution >= 4 is 33.5 Å². The molecule has 0 bridgehead atoms. The Balaban J connectivity index is 1.89. The van der Waals surface area contributed by atoms with Crippen molar-refractivity contribution < 1.29 is 14.3 Å². The van der Waals surface area contributed by atoms with Crippen LogP contribution in [0.2, 0.25) is 0 Å². The number of aromatic nitrogens is 2. The van der Waals surface area contributed by atoms with E-state index in [1.54, 1.807) is 13.0 Å². The summed E-state index contributed by atoms with van der Waals surface area (Å²) in [7, 11) is 0. The molecule has 6 nitrogen and oxygen atoms in total. The summed E-state index contributed by atoms with van der Waals surface area (Å²) in [4.78, 5) is 31.4. The van der Waals surface area contributed by atoms with Gasteiger partial charge in [0.1, 0.15) is 0 Å². The van der Waals surface area contributed by atoms with Crippen LogP contribution < -0.4 is 5.32 Å². The number of hydrogen-bond acceptors (Lipinski definition) is 5. The molecule has 0 atom stereocenters. The number of carbonyl (C=O) groups is 2. The predicted molar refractivity (Wildman–Crippen MR) is 84.6 cm³/mol. The Morgan fingerprint density at radius 2 is 2.00 bits per heavy atom. The third-order valence-corrected chi connectivity index (χ3v) is 3.28. The summed E-state index contributed by atoms with van der Waals surface area (Å²) in [5.41, 5.74) is 2.33. The molecule has 0 spiro atoms. The number of anilines is 1. The number of aryl methyl sites for hydroxylation is 2. The molecule has 7 heteroatoms. The second kappa shape index (κ2) is 7.13. The van der Waals surface area contributed by atoms with Gasteiger partial charge in [-0.3, -0.25) is 9.78 Å². The third kappa shape index (κ3) is 4.36. The first-order valence-electron chi connectivity index (χ1n) is 6.47. The van der Waals surface area contributed by atoms with E-state index in [9.17, 15) is 9.59 Å². The summed E-state index contributed by atoms with van der Waals surface area (Å²) in [5.74, 6) is -1.10. The fraction of sp³-hybridized carbons (Fsp3) is 0.200. The Hall–Kier alpha value is -2.28. The van der Waals surface area contributed by atoms with Crippen LogP contribution in [0.25, 0.3) is 0 Å². The van der Waals surface area contributed by atoms with E-state index in [2.05, 4.69) is 31.2 Å². The molecule has 0 fully saturated rings. The number of benzene rings is 1. The molecule has 1 N–H and O–H groups in total. The lowest BCUT2D eigenvalue weighted by Crippen LogP contribution is -2.21. The third-order valence-electron chi connectivity index (χ3n) is 2.79. The average Bonchev–Trinajstić information content (AvgIpc) is 2.48. The normalized spacial score (nSPS) is 10.1. The zero-order valence-electron chi connectivity index (χ0n) is 12.1. The Morgan fingerprint density at radius 3 is 2.64 bits per heavy atom. The van der Waals surface area contributed by atoms with Crippen LogP contribution in [-0.4, -0.2) is 28.5 Å². The number of ether oxygens (including phenoxy) is 1. The highest BCUT2D eigenvalue weighted by Gasteiger charge is 2.12. The minimum absolute atomic E-state index is 0.0678. The van der Waals surface area contributed by atoms with Crippen molar-refractivity contribution in [1.82, 2.24) is 9.97 Å². The second-order valence-corrected chi connectivity index (χ2v) is 5.54. The number of esters is 1. The largest absolute Gasteiger partial charge is 0.451 e. The summed E-state index contributed by atoms with van der Waals surface area (Å²) in [6, 6.07) is 5.46. The van der Waals surface area contributed by atoms with Crippen molar-refractivity contribution in [1.29, 1.82) is 0 Å². The molecule has 0 aliphatic heterocycles. The predicted octanol–water partition coefficient (Wildman–Crippen LogP) is 2.65. The SMILES string of the molecule is Cc1cnc(C(=O)OCC(=O)Nc2ccc(Br)cc2C)cn1. The molecule has 0 radical (unpaired) electrons. The van der Waals surface area contributed by atoms with E-state index in [0.29, 0.717) is 11.4 Å². The van der Waals surface area contributed by atoms with E-state index >= 15 is 0 Å². The van der Waals surface area contributed by atoms with Crippen molar-refractivity contribution in [3.05, 3.63) is 52.0 Å². The van der Waals surface area contributed by atoms with Crippen molar-refractivity contribution in [2.24, 2.45) is 0 Å². The molecule has 0 saturated carbocycles. The minimum atomic E-state index is -0.685. The topological polar surface area (TPSA) is 81.2 Å². The van der Waals surface area contributed by atoms with Crippen molar-refractivity contribution in [3.8, 4) is 0 Å². The molecule has 0 aliphatic carbocycles. The van der Waals surface area contributed by atoms with Gasteiger partial charge in [-0.25, -0.2) is 9.78 Å². The smallest absolute Gasteiger partial charge is 0.359 e. The highest BCUT2D eigenvalue weighted by molar-refractivity contribution is 9.10. The monoisotopic (exact) mass is 363 g/mol. The van der Waals surface area contributed by atoms with Crippen LogP contribution in [-0.2, 0) is 9.53 Å². The summed E-state index contributed by atoms with van der Waals surface area (Å²) in [5, 5.41) is 2.68. The van der Waals surface area contributed by atoms with E-state index in [0.717, 1.165) is 10.0 Å². The van der Waals surface area contributed by atoms with E-state index < -0.39 is 11.9 Å². The lowest BCUT2D eigenvalue weighted by atomic mass is 10.2. The standard InChI is InChI=1S/C15H14BrN3O3/c1-9-5-11(16)3-4-12(9)19-14(20)8-22-15(21)13-7-17-10(2)6-18-13/h3-7H,8H2,1-2H3,(H,19,20). The van der Waals surface area contributed by atoms with Gasteiger partial charge in [-0.1, -0.05) is 15.9 Å². The van der Waals surface area contributed by atoms with Gasteiger partial charge in [0.05, 0.1) is 11.9 Å². The first kappa shape index (κ1) is 16.1.